The second-order valence-corrected chi connectivity index (χ2v) is 4.94. The van der Waals surface area contributed by atoms with E-state index < -0.39 is 0 Å². The highest BCUT2D eigenvalue weighted by atomic mass is 16.5. The molecular formula is C18H12N4O. The van der Waals surface area contributed by atoms with Gasteiger partial charge in [-0.2, -0.15) is 0 Å². The van der Waals surface area contributed by atoms with Crippen molar-refractivity contribution in [3.63, 3.8) is 0 Å². The summed E-state index contributed by atoms with van der Waals surface area (Å²) in [7, 11) is 0. The number of nitrogens with zero attached hydrogens (tertiary/aromatic N) is 4. The van der Waals surface area contributed by atoms with E-state index in [0.29, 0.717) is 11.6 Å². The first kappa shape index (κ1) is 13.3. The van der Waals surface area contributed by atoms with Crippen LogP contribution in [0.3, 0.4) is 0 Å². The third kappa shape index (κ3) is 2.85. The highest BCUT2D eigenvalue weighted by molar-refractivity contribution is 5.79. The topological polar surface area (TPSA) is 60.8 Å². The SMILES string of the molecule is c1cncc(-c2cc(Oc3ccc4cccnc4c3)ncn2)c1. The minimum Gasteiger partial charge on any atom is -0.439 e. The molecule has 0 atom stereocenters. The summed E-state index contributed by atoms with van der Waals surface area (Å²) in [5.74, 6) is 1.17. The molecule has 0 saturated carbocycles. The average Bonchev–Trinajstić information content (AvgIpc) is 2.63. The lowest BCUT2D eigenvalue weighted by molar-refractivity contribution is 0.462. The van der Waals surface area contributed by atoms with Crippen LogP contribution in [0.25, 0.3) is 22.2 Å². The molecule has 1 aromatic carbocycles. The van der Waals surface area contributed by atoms with Crippen molar-refractivity contribution in [2.45, 2.75) is 0 Å². The quantitative estimate of drug-likeness (QED) is 0.574. The fourth-order valence-corrected chi connectivity index (χ4v) is 2.30. The predicted octanol–water partition coefficient (Wildman–Crippen LogP) is 3.88. The Morgan fingerprint density at radius 3 is 2.70 bits per heavy atom. The molecule has 0 spiro atoms. The van der Waals surface area contributed by atoms with E-state index in [0.717, 1.165) is 22.2 Å². The molecular weight excluding hydrogens is 288 g/mol. The van der Waals surface area contributed by atoms with Gasteiger partial charge in [0.05, 0.1) is 11.2 Å². The van der Waals surface area contributed by atoms with Gasteiger partial charge in [-0.05, 0) is 30.3 Å². The van der Waals surface area contributed by atoms with Crippen LogP contribution < -0.4 is 4.74 Å². The first-order valence-electron chi connectivity index (χ1n) is 7.13. The van der Waals surface area contributed by atoms with Crippen LogP contribution in [-0.4, -0.2) is 19.9 Å². The molecule has 0 saturated heterocycles. The van der Waals surface area contributed by atoms with E-state index in [2.05, 4.69) is 19.9 Å². The molecule has 0 fully saturated rings. The summed E-state index contributed by atoms with van der Waals surface area (Å²) in [5, 5.41) is 1.07. The van der Waals surface area contributed by atoms with Crippen LogP contribution in [0, 0.1) is 0 Å². The summed E-state index contributed by atoms with van der Waals surface area (Å²) < 4.78 is 5.84. The van der Waals surface area contributed by atoms with Crippen LogP contribution in [0.5, 0.6) is 11.6 Å². The van der Waals surface area contributed by atoms with Gasteiger partial charge in [0.25, 0.3) is 0 Å². The Morgan fingerprint density at radius 1 is 0.826 bits per heavy atom. The molecule has 4 rings (SSSR count). The molecule has 0 unspecified atom stereocenters. The van der Waals surface area contributed by atoms with Crippen molar-refractivity contribution in [3.8, 4) is 22.9 Å². The van der Waals surface area contributed by atoms with E-state index in [1.54, 1.807) is 24.7 Å². The van der Waals surface area contributed by atoms with E-state index in [-0.39, 0.29) is 0 Å². The van der Waals surface area contributed by atoms with Gasteiger partial charge in [-0.1, -0.05) is 6.07 Å². The summed E-state index contributed by atoms with van der Waals surface area (Å²) in [4.78, 5) is 16.9. The molecule has 0 aliphatic rings. The van der Waals surface area contributed by atoms with Crippen LogP contribution in [0.4, 0.5) is 0 Å². The zero-order valence-electron chi connectivity index (χ0n) is 12.1. The smallest absolute Gasteiger partial charge is 0.222 e. The molecule has 3 heterocycles. The largest absolute Gasteiger partial charge is 0.439 e. The van der Waals surface area contributed by atoms with Crippen LogP contribution in [0.2, 0.25) is 0 Å². The van der Waals surface area contributed by atoms with Gasteiger partial charge < -0.3 is 4.74 Å². The molecule has 0 radical (unpaired) electrons. The van der Waals surface area contributed by atoms with Crippen molar-refractivity contribution in [3.05, 3.63) is 73.4 Å². The van der Waals surface area contributed by atoms with E-state index in [9.17, 15) is 0 Å². The van der Waals surface area contributed by atoms with Crippen LogP contribution in [-0.2, 0) is 0 Å². The fraction of sp³-hybridized carbons (Fsp3) is 0. The Morgan fingerprint density at radius 2 is 1.78 bits per heavy atom. The number of rotatable bonds is 3. The molecule has 0 N–H and O–H groups in total. The molecule has 5 nitrogen and oxygen atoms in total. The van der Waals surface area contributed by atoms with Gasteiger partial charge in [0.1, 0.15) is 12.1 Å². The van der Waals surface area contributed by atoms with Gasteiger partial charge in [-0.25, -0.2) is 9.97 Å². The van der Waals surface area contributed by atoms with Gasteiger partial charge in [-0.3, -0.25) is 9.97 Å². The minimum atomic E-state index is 0.481. The second kappa shape index (κ2) is 5.81. The van der Waals surface area contributed by atoms with E-state index in [1.807, 2.05) is 42.5 Å². The van der Waals surface area contributed by atoms with Gasteiger partial charge in [0.2, 0.25) is 5.88 Å². The summed E-state index contributed by atoms with van der Waals surface area (Å²) >= 11 is 0. The van der Waals surface area contributed by atoms with Crippen LogP contribution >= 0.6 is 0 Å². The number of benzene rings is 1. The summed E-state index contributed by atoms with van der Waals surface area (Å²) in [6.45, 7) is 0. The van der Waals surface area contributed by atoms with Gasteiger partial charge in [-0.15, -0.1) is 0 Å². The van der Waals surface area contributed by atoms with Gasteiger partial charge >= 0.3 is 0 Å². The molecule has 110 valence electrons. The first-order chi connectivity index (χ1) is 11.4. The third-order valence-electron chi connectivity index (χ3n) is 3.40. The Bertz CT molecular complexity index is 957. The Labute approximate surface area is 132 Å². The lowest BCUT2D eigenvalue weighted by Crippen LogP contribution is -1.92. The van der Waals surface area contributed by atoms with E-state index in [1.165, 1.54) is 6.33 Å². The standard InChI is InChI=1S/C18H12N4O/c1-4-14(11-19-7-1)17-10-18(22-12-21-17)23-15-6-5-13-3-2-8-20-16(13)9-15/h1-12H. The normalized spacial score (nSPS) is 10.6. The van der Waals surface area contributed by atoms with Crippen LogP contribution in [0.1, 0.15) is 0 Å². The molecule has 4 aromatic rings. The number of fused-ring (bicyclic) bond motifs is 1. The highest BCUT2D eigenvalue weighted by Gasteiger charge is 2.05. The third-order valence-corrected chi connectivity index (χ3v) is 3.40. The van der Waals surface area contributed by atoms with E-state index in [4.69, 9.17) is 4.74 Å². The van der Waals surface area contributed by atoms with Gasteiger partial charge in [0, 0.05) is 41.7 Å². The van der Waals surface area contributed by atoms with Crippen molar-refractivity contribution in [2.75, 3.05) is 0 Å². The maximum atomic E-state index is 5.84. The highest BCUT2D eigenvalue weighted by Crippen LogP contribution is 2.25. The molecule has 0 aliphatic carbocycles. The van der Waals surface area contributed by atoms with Crippen molar-refractivity contribution in [1.29, 1.82) is 0 Å². The summed E-state index contributed by atoms with van der Waals surface area (Å²) in [6.07, 6.45) is 6.73. The lowest BCUT2D eigenvalue weighted by Gasteiger charge is -2.07. The maximum absolute atomic E-state index is 5.84. The maximum Gasteiger partial charge on any atom is 0.222 e. The molecule has 0 aliphatic heterocycles. The zero-order valence-corrected chi connectivity index (χ0v) is 12.1. The number of hydrogen-bond acceptors (Lipinski definition) is 5. The molecule has 23 heavy (non-hydrogen) atoms. The minimum absolute atomic E-state index is 0.481. The van der Waals surface area contributed by atoms with Gasteiger partial charge in [0.15, 0.2) is 0 Å². The average molecular weight is 300 g/mol. The summed E-state index contributed by atoms with van der Waals surface area (Å²) in [6, 6.07) is 15.3. The number of hydrogen-bond donors (Lipinski definition) is 0. The lowest BCUT2D eigenvalue weighted by atomic mass is 10.2. The molecule has 0 bridgehead atoms. The predicted molar refractivity (Wildman–Crippen MR) is 87.1 cm³/mol. The monoisotopic (exact) mass is 300 g/mol. The number of pyridine rings is 2. The number of aromatic nitrogens is 4. The Balaban J connectivity index is 1.65. The second-order valence-electron chi connectivity index (χ2n) is 4.94. The van der Waals surface area contributed by atoms with Crippen molar-refractivity contribution in [1.82, 2.24) is 19.9 Å². The first-order valence-corrected chi connectivity index (χ1v) is 7.13. The van der Waals surface area contributed by atoms with Crippen LogP contribution in [0.15, 0.2) is 73.4 Å². The Hall–Kier alpha value is -3.34. The Kier molecular flexibility index (Phi) is 3.37. The fourth-order valence-electron chi connectivity index (χ4n) is 2.30. The van der Waals surface area contributed by atoms with E-state index >= 15 is 0 Å². The molecule has 3 aromatic heterocycles. The van der Waals surface area contributed by atoms with Crippen molar-refractivity contribution >= 4 is 10.9 Å². The number of ether oxygens (including phenoxy) is 1. The van der Waals surface area contributed by atoms with Crippen molar-refractivity contribution < 1.29 is 4.74 Å². The summed E-state index contributed by atoms with van der Waals surface area (Å²) in [5.41, 5.74) is 2.56. The molecule has 0 amide bonds. The zero-order chi connectivity index (χ0) is 15.5. The van der Waals surface area contributed by atoms with Crippen molar-refractivity contribution in [2.24, 2.45) is 0 Å². The molecule has 5 heteroatoms.